The molecule has 0 amide bonds. The van der Waals surface area contributed by atoms with E-state index in [9.17, 15) is 20.2 Å². The minimum Gasteiger partial charge on any atom is -0.296 e. The second kappa shape index (κ2) is 4.06. The molecule has 0 aromatic heterocycles. The highest BCUT2D eigenvalue weighted by atomic mass is 16.7. The van der Waals surface area contributed by atoms with Crippen LogP contribution in [0.5, 0.6) is 0 Å². The van der Waals surface area contributed by atoms with Gasteiger partial charge in [-0.2, -0.15) is 0 Å². The maximum atomic E-state index is 10.8. The van der Waals surface area contributed by atoms with Crippen molar-refractivity contribution in [1.82, 2.24) is 20.7 Å². The number of nitro groups is 2. The van der Waals surface area contributed by atoms with Crippen LogP contribution in [0.2, 0.25) is 0 Å². The molecule has 2 heterocycles. The number of fused-ring (bicyclic) bond motifs is 1. The average molecular weight is 232 g/mol. The number of rotatable bonds is 2. The van der Waals surface area contributed by atoms with E-state index in [1.54, 1.807) is 0 Å². The van der Waals surface area contributed by atoms with E-state index in [1.165, 1.54) is 0 Å². The van der Waals surface area contributed by atoms with Crippen LogP contribution >= 0.6 is 0 Å². The van der Waals surface area contributed by atoms with Crippen LogP contribution in [0.25, 0.3) is 0 Å². The van der Waals surface area contributed by atoms with Gasteiger partial charge in [0.15, 0.2) is 10.1 Å². The Morgan fingerprint density at radius 2 is 1.44 bits per heavy atom. The molecule has 2 aliphatic rings. The molecule has 0 bridgehead atoms. The van der Waals surface area contributed by atoms with Gasteiger partial charge in [0.25, 0.3) is 0 Å². The SMILES string of the molecule is O=[N+]([O-])N1CCNC2NCCN([N+](=O)[O-])C21. The van der Waals surface area contributed by atoms with Crippen molar-refractivity contribution >= 4 is 0 Å². The molecule has 10 heteroatoms. The summed E-state index contributed by atoms with van der Waals surface area (Å²) in [5.74, 6) is 0. The van der Waals surface area contributed by atoms with E-state index in [0.29, 0.717) is 13.1 Å². The molecule has 90 valence electrons. The Morgan fingerprint density at radius 3 is 1.81 bits per heavy atom. The van der Waals surface area contributed by atoms with Crippen molar-refractivity contribution in [3.05, 3.63) is 20.2 Å². The molecule has 2 saturated heterocycles. The van der Waals surface area contributed by atoms with Gasteiger partial charge in [-0.1, -0.05) is 10.0 Å². The number of nitrogens with one attached hydrogen (secondary N) is 2. The lowest BCUT2D eigenvalue weighted by atomic mass is 10.2. The minimum absolute atomic E-state index is 0.153. The van der Waals surface area contributed by atoms with E-state index >= 15 is 0 Å². The van der Waals surface area contributed by atoms with E-state index < -0.39 is 22.4 Å². The Morgan fingerprint density at radius 1 is 1.00 bits per heavy atom. The van der Waals surface area contributed by atoms with Gasteiger partial charge in [0.1, 0.15) is 6.17 Å². The van der Waals surface area contributed by atoms with Crippen LogP contribution in [-0.2, 0) is 0 Å². The Balaban J connectivity index is 2.22. The molecule has 0 unspecified atom stereocenters. The van der Waals surface area contributed by atoms with Crippen LogP contribution in [0.1, 0.15) is 0 Å². The molecule has 2 aliphatic heterocycles. The zero-order valence-corrected chi connectivity index (χ0v) is 8.40. The number of hydrazine groups is 2. The third-order valence-corrected chi connectivity index (χ3v) is 2.74. The second-order valence-corrected chi connectivity index (χ2v) is 3.60. The fraction of sp³-hybridized carbons (Fsp3) is 1.00. The summed E-state index contributed by atoms with van der Waals surface area (Å²) in [6.07, 6.45) is -1.33. The van der Waals surface area contributed by atoms with Gasteiger partial charge in [0.05, 0.1) is 13.1 Å². The van der Waals surface area contributed by atoms with E-state index in [2.05, 4.69) is 10.6 Å². The molecular weight excluding hydrogens is 220 g/mol. The smallest absolute Gasteiger partial charge is 0.245 e. The first-order chi connectivity index (χ1) is 7.61. The normalized spacial score (nSPS) is 29.8. The molecule has 0 aromatic rings. The molecule has 2 rings (SSSR count). The molecule has 0 saturated carbocycles. The topological polar surface area (TPSA) is 117 Å². The lowest BCUT2D eigenvalue weighted by Crippen LogP contribution is -2.74. The summed E-state index contributed by atoms with van der Waals surface area (Å²) < 4.78 is 0. The van der Waals surface area contributed by atoms with E-state index in [4.69, 9.17) is 0 Å². The van der Waals surface area contributed by atoms with Crippen molar-refractivity contribution in [3.63, 3.8) is 0 Å². The lowest BCUT2D eigenvalue weighted by Gasteiger charge is -2.41. The largest absolute Gasteiger partial charge is 0.296 e. The summed E-state index contributed by atoms with van der Waals surface area (Å²) in [5.41, 5.74) is 0. The van der Waals surface area contributed by atoms with Gasteiger partial charge < -0.3 is 0 Å². The fourth-order valence-corrected chi connectivity index (χ4v) is 2.07. The predicted molar refractivity (Wildman–Crippen MR) is 51.0 cm³/mol. The Hall–Kier alpha value is -1.68. The lowest BCUT2D eigenvalue weighted by molar-refractivity contribution is -0.732. The molecule has 2 N–H and O–H groups in total. The van der Waals surface area contributed by atoms with E-state index in [-0.39, 0.29) is 13.1 Å². The molecule has 0 aliphatic carbocycles. The van der Waals surface area contributed by atoms with Gasteiger partial charge in [-0.25, -0.2) is 20.2 Å². The summed E-state index contributed by atoms with van der Waals surface area (Å²) in [7, 11) is 0. The van der Waals surface area contributed by atoms with E-state index in [1.807, 2.05) is 0 Å². The van der Waals surface area contributed by atoms with Gasteiger partial charge in [-0.3, -0.25) is 10.6 Å². The second-order valence-electron chi connectivity index (χ2n) is 3.60. The maximum absolute atomic E-state index is 10.8. The van der Waals surface area contributed by atoms with Crippen molar-refractivity contribution in [2.45, 2.75) is 12.3 Å². The standard InChI is InChI=1S/C6H12N6O4/c13-11(14)9-3-1-7-5-6(9)10(12(15)16)4-2-8-5/h5-8H,1-4H2. The first kappa shape index (κ1) is 10.8. The number of nitrogens with zero attached hydrogens (tertiary/aromatic N) is 4. The van der Waals surface area contributed by atoms with Gasteiger partial charge >= 0.3 is 0 Å². The Labute approximate surface area is 90.4 Å². The van der Waals surface area contributed by atoms with Crippen molar-refractivity contribution in [3.8, 4) is 0 Å². The maximum Gasteiger partial charge on any atom is 0.245 e. The Bertz CT molecular complexity index is 283. The van der Waals surface area contributed by atoms with Gasteiger partial charge in [-0.15, -0.1) is 0 Å². The molecule has 0 spiro atoms. The highest BCUT2D eigenvalue weighted by Gasteiger charge is 2.48. The molecule has 10 nitrogen and oxygen atoms in total. The third-order valence-electron chi connectivity index (χ3n) is 2.74. The molecular formula is C6H12N6O4. The number of hydrogen-bond donors (Lipinski definition) is 2. The van der Waals surface area contributed by atoms with Crippen molar-refractivity contribution < 1.29 is 10.1 Å². The predicted octanol–water partition coefficient (Wildman–Crippen LogP) is -2.17. The summed E-state index contributed by atoms with van der Waals surface area (Å²) in [5, 5.41) is 28.2. The van der Waals surface area contributed by atoms with Gasteiger partial charge in [0.2, 0.25) is 6.17 Å². The average Bonchev–Trinajstić information content (AvgIpc) is 2.27. The van der Waals surface area contributed by atoms with Crippen molar-refractivity contribution in [1.29, 1.82) is 0 Å². The summed E-state index contributed by atoms with van der Waals surface area (Å²) in [4.78, 5) is 21.6. The monoisotopic (exact) mass is 232 g/mol. The van der Waals surface area contributed by atoms with Crippen molar-refractivity contribution in [2.24, 2.45) is 0 Å². The minimum atomic E-state index is -0.882. The summed E-state index contributed by atoms with van der Waals surface area (Å²) in [6, 6.07) is 0. The third kappa shape index (κ3) is 1.72. The van der Waals surface area contributed by atoms with Crippen LogP contribution in [0.4, 0.5) is 0 Å². The van der Waals surface area contributed by atoms with Crippen molar-refractivity contribution in [2.75, 3.05) is 26.2 Å². The van der Waals surface area contributed by atoms with Crippen LogP contribution in [-0.4, -0.2) is 58.6 Å². The zero-order chi connectivity index (χ0) is 11.7. The quantitative estimate of drug-likeness (QED) is 0.408. The first-order valence-corrected chi connectivity index (χ1v) is 4.90. The summed E-state index contributed by atoms with van der Waals surface area (Å²) in [6.45, 7) is 1.17. The Kier molecular flexibility index (Phi) is 2.75. The summed E-state index contributed by atoms with van der Waals surface area (Å²) >= 11 is 0. The van der Waals surface area contributed by atoms with Crippen LogP contribution in [0.15, 0.2) is 0 Å². The van der Waals surface area contributed by atoms with Gasteiger partial charge in [0, 0.05) is 13.1 Å². The fourth-order valence-electron chi connectivity index (χ4n) is 2.07. The highest BCUT2D eigenvalue weighted by molar-refractivity contribution is 4.86. The highest BCUT2D eigenvalue weighted by Crippen LogP contribution is 2.15. The molecule has 0 atom stereocenters. The molecule has 2 fully saturated rings. The van der Waals surface area contributed by atoms with Crippen LogP contribution in [0, 0.1) is 20.2 Å². The first-order valence-electron chi connectivity index (χ1n) is 4.90. The van der Waals surface area contributed by atoms with Gasteiger partial charge in [-0.05, 0) is 0 Å². The number of piperazine rings is 2. The molecule has 16 heavy (non-hydrogen) atoms. The molecule has 0 aromatic carbocycles. The van der Waals surface area contributed by atoms with E-state index in [0.717, 1.165) is 10.0 Å². The zero-order valence-electron chi connectivity index (χ0n) is 8.40. The van der Waals surface area contributed by atoms with Crippen LogP contribution in [0.3, 0.4) is 0 Å². The van der Waals surface area contributed by atoms with Crippen LogP contribution < -0.4 is 10.6 Å². The molecule has 0 radical (unpaired) electrons. The number of hydrogen-bond acceptors (Lipinski definition) is 6.